The van der Waals surface area contributed by atoms with Gasteiger partial charge in [0.25, 0.3) is 0 Å². The molecule has 0 saturated carbocycles. The zero-order valence-electron chi connectivity index (χ0n) is 19.7. The summed E-state index contributed by atoms with van der Waals surface area (Å²) in [6.07, 6.45) is -23.4. The van der Waals surface area contributed by atoms with Crippen LogP contribution < -0.4 is 5.32 Å². The highest BCUT2D eigenvalue weighted by molar-refractivity contribution is 5.73. The highest BCUT2D eigenvalue weighted by Gasteiger charge is 2.53. The van der Waals surface area contributed by atoms with E-state index in [1.165, 1.54) is 0 Å². The molecule has 37 heavy (non-hydrogen) atoms. The quantitative estimate of drug-likeness (QED) is 0.135. The molecule has 0 aromatic rings. The van der Waals surface area contributed by atoms with Crippen molar-refractivity contribution in [2.45, 2.75) is 99.0 Å². The Morgan fingerprint density at radius 2 is 1.16 bits per heavy atom. The lowest BCUT2D eigenvalue weighted by Gasteiger charge is -2.48. The minimum Gasteiger partial charge on any atom is -0.394 e. The fourth-order valence-corrected chi connectivity index (χ4v) is 4.46. The Morgan fingerprint density at radius 3 is 1.70 bits per heavy atom. The fourth-order valence-electron chi connectivity index (χ4n) is 4.46. The van der Waals surface area contributed by atoms with E-state index in [4.69, 9.17) is 23.7 Å². The van der Waals surface area contributed by atoms with Crippen LogP contribution in [0.1, 0.15) is 6.92 Å². The molecule has 11 N–H and O–H groups in total. The average molecular weight is 545 g/mol. The van der Waals surface area contributed by atoms with Gasteiger partial charge in [-0.1, -0.05) is 0 Å². The monoisotopic (exact) mass is 545 g/mol. The van der Waals surface area contributed by atoms with Crippen LogP contribution in [0.3, 0.4) is 0 Å². The van der Waals surface area contributed by atoms with Crippen LogP contribution in [0.2, 0.25) is 0 Å². The van der Waals surface area contributed by atoms with E-state index in [0.29, 0.717) is 0 Å². The lowest BCUT2D eigenvalue weighted by molar-refractivity contribution is -0.375. The Labute approximate surface area is 210 Å². The van der Waals surface area contributed by atoms with Crippen LogP contribution in [0.15, 0.2) is 0 Å². The Kier molecular flexibility index (Phi) is 10.5. The van der Waals surface area contributed by atoms with Crippen LogP contribution in [0.5, 0.6) is 0 Å². The maximum absolute atomic E-state index is 11.5. The second kappa shape index (κ2) is 12.8. The first-order valence-electron chi connectivity index (χ1n) is 11.6. The summed E-state index contributed by atoms with van der Waals surface area (Å²) in [4.78, 5) is 11.5. The van der Waals surface area contributed by atoms with E-state index in [0.717, 1.165) is 6.92 Å². The average Bonchev–Trinajstić information content (AvgIpc) is 2.86. The minimum absolute atomic E-state index is 0.627. The van der Waals surface area contributed by atoms with E-state index < -0.39 is 118 Å². The number of hydrogen-bond donors (Lipinski definition) is 11. The summed E-state index contributed by atoms with van der Waals surface area (Å²) in [5, 5.41) is 103. The van der Waals surface area contributed by atoms with Crippen molar-refractivity contribution in [2.75, 3.05) is 19.8 Å². The molecular formula is C20H35NO16. The molecule has 0 bridgehead atoms. The third kappa shape index (κ3) is 6.38. The molecule has 3 heterocycles. The maximum atomic E-state index is 11.5. The summed E-state index contributed by atoms with van der Waals surface area (Å²) < 4.78 is 26.9. The molecule has 3 aliphatic heterocycles. The Morgan fingerprint density at radius 1 is 0.649 bits per heavy atom. The first-order chi connectivity index (χ1) is 17.4. The Bertz CT molecular complexity index is 745. The molecule has 3 fully saturated rings. The largest absolute Gasteiger partial charge is 0.394 e. The maximum Gasteiger partial charge on any atom is 0.217 e. The van der Waals surface area contributed by atoms with Crippen molar-refractivity contribution < 1.29 is 79.5 Å². The van der Waals surface area contributed by atoms with Gasteiger partial charge in [-0.05, 0) is 0 Å². The Hall–Kier alpha value is -1.13. The molecule has 0 spiro atoms. The van der Waals surface area contributed by atoms with Crippen molar-refractivity contribution in [1.82, 2.24) is 5.32 Å². The van der Waals surface area contributed by atoms with Crippen LogP contribution >= 0.6 is 0 Å². The number of aliphatic hydroxyl groups excluding tert-OH is 10. The molecule has 0 aromatic heterocycles. The van der Waals surface area contributed by atoms with Gasteiger partial charge in [-0.25, -0.2) is 0 Å². The zero-order valence-corrected chi connectivity index (χ0v) is 19.7. The second-order valence-corrected chi connectivity index (χ2v) is 9.07. The van der Waals surface area contributed by atoms with E-state index >= 15 is 0 Å². The predicted octanol–water partition coefficient (Wildman–Crippen LogP) is -7.43. The number of nitrogens with one attached hydrogen (secondary N) is 1. The third-order valence-electron chi connectivity index (χ3n) is 6.50. The fraction of sp³-hybridized carbons (Fsp3) is 0.950. The van der Waals surface area contributed by atoms with Crippen molar-refractivity contribution in [2.24, 2.45) is 0 Å². The van der Waals surface area contributed by atoms with Gasteiger partial charge in [0.15, 0.2) is 18.9 Å². The molecule has 0 aromatic carbocycles. The van der Waals surface area contributed by atoms with Crippen molar-refractivity contribution >= 4 is 5.91 Å². The van der Waals surface area contributed by atoms with Crippen LogP contribution in [0, 0.1) is 0 Å². The van der Waals surface area contributed by atoms with Gasteiger partial charge in [0.2, 0.25) is 5.91 Å². The number of rotatable bonds is 8. The van der Waals surface area contributed by atoms with E-state index in [1.54, 1.807) is 0 Å². The normalized spacial score (nSPS) is 49.0. The van der Waals surface area contributed by atoms with Gasteiger partial charge >= 0.3 is 0 Å². The molecule has 216 valence electrons. The van der Waals surface area contributed by atoms with Gasteiger partial charge < -0.3 is 80.1 Å². The summed E-state index contributed by atoms with van der Waals surface area (Å²) in [5.41, 5.74) is 0. The van der Waals surface area contributed by atoms with Gasteiger partial charge in [0.1, 0.15) is 73.2 Å². The molecular weight excluding hydrogens is 510 g/mol. The van der Waals surface area contributed by atoms with Crippen LogP contribution in [0.25, 0.3) is 0 Å². The van der Waals surface area contributed by atoms with E-state index in [9.17, 15) is 55.9 Å². The van der Waals surface area contributed by atoms with Crippen molar-refractivity contribution in [3.63, 3.8) is 0 Å². The van der Waals surface area contributed by atoms with Crippen molar-refractivity contribution in [3.05, 3.63) is 0 Å². The minimum atomic E-state index is -1.91. The molecule has 3 aliphatic rings. The molecule has 15 atom stereocenters. The smallest absolute Gasteiger partial charge is 0.217 e. The zero-order chi connectivity index (χ0) is 27.6. The van der Waals surface area contributed by atoms with Crippen molar-refractivity contribution in [3.8, 4) is 0 Å². The van der Waals surface area contributed by atoms with Gasteiger partial charge in [-0.15, -0.1) is 0 Å². The highest BCUT2D eigenvalue weighted by atomic mass is 16.7. The topological polar surface area (TPSA) is 278 Å². The summed E-state index contributed by atoms with van der Waals surface area (Å²) in [6, 6.07) is -1.40. The Balaban J connectivity index is 1.80. The number of ether oxygens (including phenoxy) is 5. The summed E-state index contributed by atoms with van der Waals surface area (Å²) in [7, 11) is 0. The first-order valence-corrected chi connectivity index (χ1v) is 11.6. The number of amides is 1. The molecule has 3 rings (SSSR count). The number of carbonyl (C=O) groups excluding carboxylic acids is 1. The van der Waals surface area contributed by atoms with Gasteiger partial charge in [0.05, 0.1) is 19.8 Å². The van der Waals surface area contributed by atoms with Gasteiger partial charge in [-0.3, -0.25) is 4.79 Å². The van der Waals surface area contributed by atoms with E-state index in [-0.39, 0.29) is 0 Å². The second-order valence-electron chi connectivity index (χ2n) is 9.07. The number of aliphatic hydroxyl groups is 10. The van der Waals surface area contributed by atoms with E-state index in [2.05, 4.69) is 5.32 Å². The first kappa shape index (κ1) is 30.4. The predicted molar refractivity (Wildman–Crippen MR) is 113 cm³/mol. The molecule has 1 amide bonds. The number of carbonyl (C=O) groups is 1. The molecule has 0 radical (unpaired) electrons. The molecule has 0 aliphatic carbocycles. The standard InChI is InChI=1S/C20H35NO16/c1-5(25)21-9-12(28)16(8(4-24)33-18(9)32)36-20-15(31)17(11(27)7(3-23)35-20)37-19-14(30)13(29)10(26)6(2-22)34-19/h6-20,22-24,26-32H,2-4H2,1H3,(H,21,25)/t6?,7?,8-,9?,10-,11-,12?,13-,14?,15?,16+,17-,18?,19+,20-/m0/s1. The lowest BCUT2D eigenvalue weighted by Crippen LogP contribution is -2.68. The van der Waals surface area contributed by atoms with Crippen molar-refractivity contribution in [1.29, 1.82) is 0 Å². The third-order valence-corrected chi connectivity index (χ3v) is 6.50. The molecule has 3 saturated heterocycles. The molecule has 17 heteroatoms. The van der Waals surface area contributed by atoms with E-state index in [1.807, 2.05) is 0 Å². The van der Waals surface area contributed by atoms with Crippen LogP contribution in [0.4, 0.5) is 0 Å². The molecule has 7 unspecified atom stereocenters. The highest BCUT2D eigenvalue weighted by Crippen LogP contribution is 2.32. The SMILES string of the molecule is CC(=O)NC1C(O)O[C@@H](CO)[C@@H](O[C@@H]2OC(CO)[C@H](O)[C@H](O[C@H]3OC(CO)[C@H](O)[C@H](O)C3O)C2O)C1O. The summed E-state index contributed by atoms with van der Waals surface area (Å²) in [6.45, 7) is -1.23. The van der Waals surface area contributed by atoms with Crippen LogP contribution in [-0.4, -0.2) is 169 Å². The number of hydrogen-bond acceptors (Lipinski definition) is 16. The summed E-state index contributed by atoms with van der Waals surface area (Å²) in [5.74, 6) is -0.627. The lowest BCUT2D eigenvalue weighted by atomic mass is 9.95. The molecule has 17 nitrogen and oxygen atoms in total. The summed E-state index contributed by atoms with van der Waals surface area (Å²) >= 11 is 0. The van der Waals surface area contributed by atoms with Gasteiger partial charge in [0, 0.05) is 6.92 Å². The van der Waals surface area contributed by atoms with Gasteiger partial charge in [-0.2, -0.15) is 0 Å². The van der Waals surface area contributed by atoms with Crippen LogP contribution in [-0.2, 0) is 28.5 Å².